The number of benzene rings is 1. The van der Waals surface area contributed by atoms with Crippen LogP contribution >= 0.6 is 0 Å². The summed E-state index contributed by atoms with van der Waals surface area (Å²) in [5.41, 5.74) is -3.91. The summed E-state index contributed by atoms with van der Waals surface area (Å²) in [5, 5.41) is 24.5. The molecule has 3 rings (SSSR count). The Bertz CT molecular complexity index is 824. The van der Waals surface area contributed by atoms with Crippen molar-refractivity contribution >= 4 is 11.6 Å². The Balaban J connectivity index is 2.43. The molecule has 1 saturated heterocycles. The standard InChI is InChI=1S/C17H19N3O6/c1-3-18-9-16(19(23)24)13-7-5-4-6-12(13)15(22)17(10-18,20(25)26)14(16)8-11(2)21/h4-7,14H,3,8-10H2,1-2H3/t14?,16-,17-/m0/s1. The Hall–Kier alpha value is -2.68. The van der Waals surface area contributed by atoms with Crippen LogP contribution in [0.3, 0.4) is 0 Å². The summed E-state index contributed by atoms with van der Waals surface area (Å²) >= 11 is 0. The van der Waals surface area contributed by atoms with Gasteiger partial charge < -0.3 is 4.79 Å². The minimum Gasteiger partial charge on any atom is -0.300 e. The number of hydrogen-bond acceptors (Lipinski definition) is 7. The Kier molecular flexibility index (Phi) is 4.14. The number of piperidine rings is 1. The number of carbonyl (C=O) groups is 2. The molecule has 1 fully saturated rings. The van der Waals surface area contributed by atoms with Gasteiger partial charge in [-0.15, -0.1) is 0 Å². The zero-order chi connectivity index (χ0) is 19.3. The fourth-order valence-corrected chi connectivity index (χ4v) is 4.55. The van der Waals surface area contributed by atoms with Crippen LogP contribution in [0.5, 0.6) is 0 Å². The van der Waals surface area contributed by atoms with Crippen LogP contribution in [-0.4, -0.2) is 51.5 Å². The smallest absolute Gasteiger partial charge is 0.300 e. The molecule has 2 aliphatic rings. The first kappa shape index (κ1) is 18.1. The molecule has 0 amide bonds. The minimum absolute atomic E-state index is 0.0106. The molecule has 9 nitrogen and oxygen atoms in total. The number of hydrogen-bond donors (Lipinski definition) is 0. The van der Waals surface area contributed by atoms with E-state index >= 15 is 0 Å². The van der Waals surface area contributed by atoms with E-state index in [-0.39, 0.29) is 30.6 Å². The molecule has 0 spiro atoms. The highest BCUT2D eigenvalue weighted by Gasteiger charge is 2.77. The van der Waals surface area contributed by atoms with Gasteiger partial charge in [0.15, 0.2) is 0 Å². The molecule has 1 unspecified atom stereocenters. The van der Waals surface area contributed by atoms with Crippen LogP contribution < -0.4 is 0 Å². The Labute approximate surface area is 149 Å². The van der Waals surface area contributed by atoms with Gasteiger partial charge in [0.2, 0.25) is 5.78 Å². The van der Waals surface area contributed by atoms with Crippen LogP contribution in [-0.2, 0) is 10.3 Å². The van der Waals surface area contributed by atoms with Crippen molar-refractivity contribution in [2.75, 3.05) is 19.6 Å². The van der Waals surface area contributed by atoms with E-state index in [0.717, 1.165) is 0 Å². The molecule has 0 saturated carbocycles. The predicted octanol–water partition coefficient (Wildman–Crippen LogP) is 1.30. The van der Waals surface area contributed by atoms with Gasteiger partial charge in [-0.3, -0.25) is 29.9 Å². The molecule has 0 radical (unpaired) electrons. The summed E-state index contributed by atoms with van der Waals surface area (Å²) < 4.78 is 0. The van der Waals surface area contributed by atoms with Crippen LogP contribution in [0.4, 0.5) is 0 Å². The van der Waals surface area contributed by atoms with E-state index in [2.05, 4.69) is 0 Å². The van der Waals surface area contributed by atoms with E-state index in [9.17, 15) is 29.8 Å². The molecule has 138 valence electrons. The van der Waals surface area contributed by atoms with Crippen molar-refractivity contribution in [1.29, 1.82) is 0 Å². The van der Waals surface area contributed by atoms with Gasteiger partial charge in [-0.25, -0.2) is 0 Å². The van der Waals surface area contributed by atoms with Gasteiger partial charge >= 0.3 is 5.54 Å². The summed E-state index contributed by atoms with van der Waals surface area (Å²) in [7, 11) is 0. The lowest BCUT2D eigenvalue weighted by Crippen LogP contribution is -2.75. The SMILES string of the molecule is CCN1C[C@]2([N+](=O)[O-])c3ccccc3C(=O)[C@]([N+](=O)[O-])(C1)C2CC(C)=O. The number of likely N-dealkylation sites (N-methyl/N-ethyl adjacent to an activating group) is 1. The van der Waals surface area contributed by atoms with Gasteiger partial charge in [0.25, 0.3) is 5.54 Å². The van der Waals surface area contributed by atoms with Crippen molar-refractivity contribution in [3.05, 3.63) is 55.6 Å². The third-order valence-electron chi connectivity index (χ3n) is 5.70. The minimum atomic E-state index is -2.21. The fraction of sp³-hybridized carbons (Fsp3) is 0.529. The largest absolute Gasteiger partial charge is 0.306 e. The van der Waals surface area contributed by atoms with E-state index in [0.29, 0.717) is 6.54 Å². The van der Waals surface area contributed by atoms with Gasteiger partial charge in [-0.1, -0.05) is 31.2 Å². The van der Waals surface area contributed by atoms with Gasteiger partial charge in [0.1, 0.15) is 11.7 Å². The van der Waals surface area contributed by atoms with Crippen molar-refractivity contribution in [2.45, 2.75) is 31.3 Å². The second-order valence-electron chi connectivity index (χ2n) is 7.00. The quantitative estimate of drug-likeness (QED) is 0.572. The van der Waals surface area contributed by atoms with Crippen LogP contribution in [0.1, 0.15) is 36.2 Å². The first-order valence-electron chi connectivity index (χ1n) is 8.37. The summed E-state index contributed by atoms with van der Waals surface area (Å²) in [6, 6.07) is 5.99. The van der Waals surface area contributed by atoms with Gasteiger partial charge in [-0.2, -0.15) is 0 Å². The van der Waals surface area contributed by atoms with Crippen LogP contribution in [0.25, 0.3) is 0 Å². The zero-order valence-corrected chi connectivity index (χ0v) is 14.5. The molecule has 1 aliphatic carbocycles. The van der Waals surface area contributed by atoms with Crippen molar-refractivity contribution in [2.24, 2.45) is 5.92 Å². The molecule has 1 aromatic carbocycles. The molecule has 0 aromatic heterocycles. The van der Waals surface area contributed by atoms with Gasteiger partial charge in [0.05, 0.1) is 13.1 Å². The number of fused-ring (bicyclic) bond motifs is 4. The number of nitro groups is 2. The average molecular weight is 361 g/mol. The van der Waals surface area contributed by atoms with E-state index in [1.807, 2.05) is 0 Å². The molecule has 9 heteroatoms. The summed E-state index contributed by atoms with van der Waals surface area (Å²) in [5.74, 6) is -2.49. The first-order chi connectivity index (χ1) is 12.2. The van der Waals surface area contributed by atoms with Crippen LogP contribution in [0.2, 0.25) is 0 Å². The van der Waals surface area contributed by atoms with E-state index < -0.39 is 38.4 Å². The molecule has 1 aliphatic heterocycles. The third-order valence-corrected chi connectivity index (χ3v) is 5.70. The average Bonchev–Trinajstić information content (AvgIpc) is 2.59. The lowest BCUT2D eigenvalue weighted by Gasteiger charge is -2.50. The number of carbonyl (C=O) groups excluding carboxylic acids is 2. The second-order valence-corrected chi connectivity index (χ2v) is 7.00. The third kappa shape index (κ3) is 2.13. The number of ketones is 2. The number of Topliss-reactive ketones (excluding diaryl/α,β-unsaturated/α-hetero) is 2. The maximum atomic E-state index is 13.2. The second kappa shape index (κ2) is 5.94. The highest BCUT2D eigenvalue weighted by Crippen LogP contribution is 2.53. The molecule has 3 atom stereocenters. The molecule has 1 aromatic rings. The lowest BCUT2D eigenvalue weighted by molar-refractivity contribution is -0.640. The predicted molar refractivity (Wildman–Crippen MR) is 90.1 cm³/mol. The normalized spacial score (nSPS) is 30.5. The Morgan fingerprint density at radius 3 is 2.31 bits per heavy atom. The number of rotatable bonds is 5. The lowest BCUT2D eigenvalue weighted by atomic mass is 9.56. The summed E-state index contributed by atoms with van der Waals surface area (Å²) in [6.07, 6.45) is -0.389. The summed E-state index contributed by atoms with van der Waals surface area (Å²) in [6.45, 7) is 2.98. The fourth-order valence-electron chi connectivity index (χ4n) is 4.55. The first-order valence-corrected chi connectivity index (χ1v) is 8.37. The number of nitrogens with zero attached hydrogens (tertiary/aromatic N) is 3. The zero-order valence-electron chi connectivity index (χ0n) is 14.5. The molecular weight excluding hydrogens is 342 g/mol. The van der Waals surface area contributed by atoms with E-state index in [4.69, 9.17) is 0 Å². The van der Waals surface area contributed by atoms with Crippen molar-refractivity contribution < 1.29 is 19.4 Å². The maximum absolute atomic E-state index is 13.2. The summed E-state index contributed by atoms with van der Waals surface area (Å²) in [4.78, 5) is 49.9. The molecule has 1 heterocycles. The molecule has 2 bridgehead atoms. The maximum Gasteiger partial charge on any atom is 0.306 e. The Morgan fingerprint density at radius 1 is 1.19 bits per heavy atom. The number of likely N-dealkylation sites (tertiary alicyclic amines) is 1. The molecule has 0 N–H and O–H groups in total. The highest BCUT2D eigenvalue weighted by atomic mass is 16.6. The van der Waals surface area contributed by atoms with Crippen molar-refractivity contribution in [3.8, 4) is 0 Å². The van der Waals surface area contributed by atoms with Gasteiger partial charge in [-0.05, 0) is 13.5 Å². The van der Waals surface area contributed by atoms with Crippen LogP contribution in [0.15, 0.2) is 24.3 Å². The highest BCUT2D eigenvalue weighted by molar-refractivity contribution is 6.06. The topological polar surface area (TPSA) is 124 Å². The van der Waals surface area contributed by atoms with Crippen molar-refractivity contribution in [1.82, 2.24) is 4.90 Å². The van der Waals surface area contributed by atoms with E-state index in [1.54, 1.807) is 17.9 Å². The van der Waals surface area contributed by atoms with Gasteiger partial charge in [0, 0.05) is 27.4 Å². The monoisotopic (exact) mass is 361 g/mol. The van der Waals surface area contributed by atoms with E-state index in [1.165, 1.54) is 25.1 Å². The van der Waals surface area contributed by atoms with Crippen LogP contribution in [0, 0.1) is 26.1 Å². The Morgan fingerprint density at radius 2 is 1.77 bits per heavy atom. The molecular formula is C17H19N3O6. The molecule has 26 heavy (non-hydrogen) atoms. The van der Waals surface area contributed by atoms with Crippen molar-refractivity contribution in [3.63, 3.8) is 0 Å².